The molecule has 1 unspecified atom stereocenters. The van der Waals surface area contributed by atoms with Gasteiger partial charge in [0.2, 0.25) is 11.9 Å². The second-order valence-corrected chi connectivity index (χ2v) is 9.21. The number of hydrogen-bond donors (Lipinski definition) is 0. The van der Waals surface area contributed by atoms with Crippen molar-refractivity contribution in [3.05, 3.63) is 48.5 Å². The smallest absolute Gasteiger partial charge is 0.233 e. The fourth-order valence-corrected chi connectivity index (χ4v) is 5.04. The van der Waals surface area contributed by atoms with Crippen molar-refractivity contribution in [3.8, 4) is 11.4 Å². The number of amides is 1. The lowest BCUT2D eigenvalue weighted by Crippen LogP contribution is -2.49. The van der Waals surface area contributed by atoms with Gasteiger partial charge in [-0.3, -0.25) is 9.36 Å². The van der Waals surface area contributed by atoms with E-state index in [0.29, 0.717) is 49.7 Å². The number of piperazine rings is 1. The van der Waals surface area contributed by atoms with E-state index in [1.165, 1.54) is 23.9 Å². The first-order valence-electron chi connectivity index (χ1n) is 11.4. The second-order valence-electron chi connectivity index (χ2n) is 8.26. The maximum Gasteiger partial charge on any atom is 0.233 e. The molecule has 2 saturated heterocycles. The lowest BCUT2D eigenvalue weighted by Gasteiger charge is -2.34. The first-order chi connectivity index (χ1) is 16.7. The zero-order chi connectivity index (χ0) is 23.3. The Labute approximate surface area is 201 Å². The van der Waals surface area contributed by atoms with E-state index in [4.69, 9.17) is 4.74 Å². The third kappa shape index (κ3) is 5.20. The van der Waals surface area contributed by atoms with Gasteiger partial charge in [-0.25, -0.2) is 14.4 Å². The van der Waals surface area contributed by atoms with Crippen molar-refractivity contribution in [1.82, 2.24) is 29.6 Å². The highest BCUT2D eigenvalue weighted by Gasteiger charge is 2.25. The molecule has 0 aliphatic carbocycles. The minimum Gasteiger partial charge on any atom is -0.376 e. The molecule has 9 nitrogen and oxygen atoms in total. The van der Waals surface area contributed by atoms with Crippen LogP contribution in [-0.2, 0) is 16.1 Å². The van der Waals surface area contributed by atoms with Crippen molar-refractivity contribution in [1.29, 1.82) is 0 Å². The zero-order valence-corrected chi connectivity index (χ0v) is 19.5. The molecule has 0 spiro atoms. The Kier molecular flexibility index (Phi) is 7.00. The van der Waals surface area contributed by atoms with Crippen LogP contribution in [0.3, 0.4) is 0 Å². The summed E-state index contributed by atoms with van der Waals surface area (Å²) in [6.45, 7) is 4.00. The number of carbonyl (C=O) groups is 1. The number of rotatable bonds is 7. The molecular formula is C23H26FN7O2S. The number of nitrogens with zero attached hydrogens (tertiary/aromatic N) is 7. The Balaban J connectivity index is 1.24. The second kappa shape index (κ2) is 10.5. The normalized spacial score (nSPS) is 18.4. The van der Waals surface area contributed by atoms with Gasteiger partial charge in [-0.15, -0.1) is 10.2 Å². The molecule has 1 amide bonds. The van der Waals surface area contributed by atoms with Crippen LogP contribution in [0, 0.1) is 5.82 Å². The van der Waals surface area contributed by atoms with Crippen LogP contribution >= 0.6 is 11.8 Å². The van der Waals surface area contributed by atoms with Crippen LogP contribution in [0.15, 0.2) is 47.9 Å². The summed E-state index contributed by atoms with van der Waals surface area (Å²) in [5.74, 6) is 1.39. The molecule has 0 bridgehead atoms. The number of carbonyl (C=O) groups excluding carboxylic acids is 1. The van der Waals surface area contributed by atoms with Gasteiger partial charge in [0.1, 0.15) is 5.82 Å². The molecule has 0 radical (unpaired) electrons. The van der Waals surface area contributed by atoms with Crippen molar-refractivity contribution in [2.24, 2.45) is 0 Å². The van der Waals surface area contributed by atoms with Crippen molar-refractivity contribution in [2.75, 3.05) is 43.4 Å². The molecule has 4 heterocycles. The first kappa shape index (κ1) is 22.7. The SMILES string of the molecule is O=C(CSc1nnc(-c2ccc(F)cc2)n1CC1CCCO1)N1CCN(c2ncccn2)CC1. The Morgan fingerprint density at radius 1 is 1.09 bits per heavy atom. The molecule has 2 aromatic heterocycles. The van der Waals surface area contributed by atoms with Gasteiger partial charge in [0.25, 0.3) is 0 Å². The predicted octanol–water partition coefficient (Wildman–Crippen LogP) is 2.49. The number of aromatic nitrogens is 5. The van der Waals surface area contributed by atoms with Gasteiger partial charge in [0.05, 0.1) is 18.4 Å². The third-order valence-electron chi connectivity index (χ3n) is 6.02. The van der Waals surface area contributed by atoms with Crippen molar-refractivity contribution in [3.63, 3.8) is 0 Å². The Morgan fingerprint density at radius 3 is 2.56 bits per heavy atom. The molecular weight excluding hydrogens is 457 g/mol. The summed E-state index contributed by atoms with van der Waals surface area (Å²) in [5, 5.41) is 9.38. The summed E-state index contributed by atoms with van der Waals surface area (Å²) in [7, 11) is 0. The molecule has 1 aromatic carbocycles. The van der Waals surface area contributed by atoms with Gasteiger partial charge in [0.15, 0.2) is 11.0 Å². The predicted molar refractivity (Wildman–Crippen MR) is 126 cm³/mol. The van der Waals surface area contributed by atoms with Crippen LogP contribution in [0.1, 0.15) is 12.8 Å². The molecule has 0 saturated carbocycles. The van der Waals surface area contributed by atoms with Crippen LogP contribution < -0.4 is 4.90 Å². The van der Waals surface area contributed by atoms with E-state index < -0.39 is 0 Å². The standard InChI is InChI=1S/C23H26FN7O2S/c24-18-6-4-17(5-7-18)21-27-28-23(31(21)15-19-3-1-14-33-19)34-16-20(32)29-10-12-30(13-11-29)22-25-8-2-9-26-22/h2,4-9,19H,1,3,10-16H2. The topological polar surface area (TPSA) is 89.3 Å². The molecule has 5 rings (SSSR count). The molecule has 11 heteroatoms. The van der Waals surface area contributed by atoms with E-state index in [1.54, 1.807) is 30.6 Å². The van der Waals surface area contributed by atoms with Gasteiger partial charge in [-0.1, -0.05) is 11.8 Å². The summed E-state index contributed by atoms with van der Waals surface area (Å²) in [6.07, 6.45) is 5.53. The minimum absolute atomic E-state index is 0.0635. The molecule has 2 aliphatic rings. The third-order valence-corrected chi connectivity index (χ3v) is 6.97. The van der Waals surface area contributed by atoms with E-state index >= 15 is 0 Å². The minimum atomic E-state index is -0.298. The summed E-state index contributed by atoms with van der Waals surface area (Å²) in [6, 6.07) is 8.01. The van der Waals surface area contributed by atoms with Gasteiger partial charge >= 0.3 is 0 Å². The van der Waals surface area contributed by atoms with Crippen LogP contribution in [0.25, 0.3) is 11.4 Å². The van der Waals surface area contributed by atoms with Crippen molar-refractivity contribution in [2.45, 2.75) is 30.6 Å². The molecule has 2 aliphatic heterocycles. The molecule has 1 atom stereocenters. The van der Waals surface area contributed by atoms with E-state index in [1.807, 2.05) is 9.47 Å². The fourth-order valence-electron chi connectivity index (χ4n) is 4.19. The average Bonchev–Trinajstić information content (AvgIpc) is 3.54. The molecule has 3 aromatic rings. The monoisotopic (exact) mass is 483 g/mol. The van der Waals surface area contributed by atoms with E-state index in [0.717, 1.165) is 25.0 Å². The average molecular weight is 484 g/mol. The van der Waals surface area contributed by atoms with Crippen molar-refractivity contribution < 1.29 is 13.9 Å². The van der Waals surface area contributed by atoms with Crippen LogP contribution in [0.5, 0.6) is 0 Å². The van der Waals surface area contributed by atoms with Gasteiger partial charge < -0.3 is 14.5 Å². The van der Waals surface area contributed by atoms with Gasteiger partial charge in [0, 0.05) is 50.7 Å². The maximum atomic E-state index is 13.4. The lowest BCUT2D eigenvalue weighted by atomic mass is 10.2. The summed E-state index contributed by atoms with van der Waals surface area (Å²) >= 11 is 1.38. The van der Waals surface area contributed by atoms with Gasteiger partial charge in [-0.2, -0.15) is 0 Å². The largest absolute Gasteiger partial charge is 0.376 e. The highest BCUT2D eigenvalue weighted by Crippen LogP contribution is 2.27. The lowest BCUT2D eigenvalue weighted by molar-refractivity contribution is -0.128. The van der Waals surface area contributed by atoms with E-state index in [2.05, 4.69) is 25.1 Å². The Morgan fingerprint density at radius 2 is 1.85 bits per heavy atom. The molecule has 0 N–H and O–H groups in total. The number of thioether (sulfide) groups is 1. The van der Waals surface area contributed by atoms with E-state index in [9.17, 15) is 9.18 Å². The molecule has 2 fully saturated rings. The number of halogens is 1. The maximum absolute atomic E-state index is 13.4. The van der Waals surface area contributed by atoms with Crippen LogP contribution in [0.2, 0.25) is 0 Å². The Hall–Kier alpha value is -3.05. The zero-order valence-electron chi connectivity index (χ0n) is 18.7. The molecule has 34 heavy (non-hydrogen) atoms. The van der Waals surface area contributed by atoms with Crippen LogP contribution in [-0.4, -0.2) is 80.2 Å². The molecule has 178 valence electrons. The number of anilines is 1. The summed E-state index contributed by atoms with van der Waals surface area (Å²) in [5.41, 5.74) is 0.782. The Bertz CT molecular complexity index is 1100. The first-order valence-corrected chi connectivity index (χ1v) is 12.4. The number of ether oxygens (including phenoxy) is 1. The summed E-state index contributed by atoms with van der Waals surface area (Å²) < 4.78 is 21.2. The number of hydrogen-bond acceptors (Lipinski definition) is 8. The fraction of sp³-hybridized carbons (Fsp3) is 0.435. The van der Waals surface area contributed by atoms with Crippen LogP contribution in [0.4, 0.5) is 10.3 Å². The highest BCUT2D eigenvalue weighted by molar-refractivity contribution is 7.99. The van der Waals surface area contributed by atoms with E-state index in [-0.39, 0.29) is 23.6 Å². The highest BCUT2D eigenvalue weighted by atomic mass is 32.2. The summed E-state index contributed by atoms with van der Waals surface area (Å²) in [4.78, 5) is 25.5. The van der Waals surface area contributed by atoms with Crippen molar-refractivity contribution >= 4 is 23.6 Å². The number of benzene rings is 1. The van der Waals surface area contributed by atoms with Gasteiger partial charge in [-0.05, 0) is 43.2 Å². The quantitative estimate of drug-likeness (QED) is 0.474.